The van der Waals surface area contributed by atoms with Gasteiger partial charge in [0.05, 0.1) is 5.56 Å². The Morgan fingerprint density at radius 3 is 2.36 bits per heavy atom. The van der Waals surface area contributed by atoms with Crippen LogP contribution in [0.2, 0.25) is 0 Å². The summed E-state index contributed by atoms with van der Waals surface area (Å²) in [5, 5.41) is 3.15. The van der Waals surface area contributed by atoms with Gasteiger partial charge < -0.3 is 5.32 Å². The van der Waals surface area contributed by atoms with Crippen molar-refractivity contribution in [2.24, 2.45) is 5.92 Å². The molecule has 1 unspecified atom stereocenters. The van der Waals surface area contributed by atoms with E-state index in [-0.39, 0.29) is 17.4 Å². The lowest BCUT2D eigenvalue weighted by Gasteiger charge is -2.43. The Morgan fingerprint density at radius 1 is 1.18 bits per heavy atom. The molecule has 0 aromatic heterocycles. The number of hydrogen-bond acceptors (Lipinski definition) is 3. The van der Waals surface area contributed by atoms with E-state index in [0.29, 0.717) is 13.0 Å². The molecule has 0 spiro atoms. The second-order valence-electron chi connectivity index (χ2n) is 8.05. The Kier molecular flexibility index (Phi) is 6.97. The van der Waals surface area contributed by atoms with Crippen molar-refractivity contribution in [3.8, 4) is 0 Å². The highest BCUT2D eigenvalue weighted by Gasteiger charge is 2.40. The number of amides is 1. The van der Waals surface area contributed by atoms with Crippen LogP contribution < -0.4 is 5.32 Å². The first-order valence-electron chi connectivity index (χ1n) is 10.1. The highest BCUT2D eigenvalue weighted by Crippen LogP contribution is 2.36. The van der Waals surface area contributed by atoms with Crippen molar-refractivity contribution in [2.75, 3.05) is 31.1 Å². The molecule has 1 N–H and O–H groups in total. The Bertz CT molecular complexity index is 651. The molecule has 2 aliphatic rings. The van der Waals surface area contributed by atoms with Gasteiger partial charge in [-0.3, -0.25) is 9.69 Å². The maximum atomic E-state index is 12.7. The Labute approximate surface area is 169 Å². The summed E-state index contributed by atoms with van der Waals surface area (Å²) in [6.45, 7) is 4.68. The number of carbonyl (C=O) groups is 1. The van der Waals surface area contributed by atoms with Gasteiger partial charge in [0, 0.05) is 42.6 Å². The van der Waals surface area contributed by atoms with E-state index in [9.17, 15) is 18.0 Å². The van der Waals surface area contributed by atoms with Gasteiger partial charge in [-0.25, -0.2) is 0 Å². The molecule has 1 heterocycles. The number of thioether (sulfide) groups is 1. The average Bonchev–Trinajstić information content (AvgIpc) is 3.17. The summed E-state index contributed by atoms with van der Waals surface area (Å²) in [5.41, 5.74) is 0.181. The van der Waals surface area contributed by atoms with Crippen molar-refractivity contribution in [1.29, 1.82) is 0 Å². The van der Waals surface area contributed by atoms with Crippen molar-refractivity contribution in [3.05, 3.63) is 35.4 Å². The molecule has 1 aromatic carbocycles. The van der Waals surface area contributed by atoms with E-state index in [1.54, 1.807) is 0 Å². The van der Waals surface area contributed by atoms with Gasteiger partial charge in [0.1, 0.15) is 0 Å². The summed E-state index contributed by atoms with van der Waals surface area (Å²) in [6, 6.07) is 5.11. The number of nitrogens with one attached hydrogen (secondary N) is 1. The lowest BCUT2D eigenvalue weighted by Crippen LogP contribution is -2.57. The van der Waals surface area contributed by atoms with Crippen LogP contribution >= 0.6 is 11.8 Å². The van der Waals surface area contributed by atoms with Gasteiger partial charge in [-0.2, -0.15) is 24.9 Å². The SMILES string of the molecule is CC(Cc1ccc(C(F)(F)F)cc1)C(=O)NCC1(N2CCSCC2)CCCC1. The van der Waals surface area contributed by atoms with E-state index >= 15 is 0 Å². The van der Waals surface area contributed by atoms with Crippen molar-refractivity contribution in [1.82, 2.24) is 10.2 Å². The first-order chi connectivity index (χ1) is 13.3. The summed E-state index contributed by atoms with van der Waals surface area (Å²) in [5.74, 6) is 2.02. The molecular weight excluding hydrogens is 385 g/mol. The largest absolute Gasteiger partial charge is 0.416 e. The van der Waals surface area contributed by atoms with E-state index in [1.807, 2.05) is 18.7 Å². The molecule has 2 fully saturated rings. The van der Waals surface area contributed by atoms with Crippen LogP contribution in [-0.2, 0) is 17.4 Å². The predicted octanol–water partition coefficient (Wildman–Crippen LogP) is 4.36. The van der Waals surface area contributed by atoms with Crippen molar-refractivity contribution >= 4 is 17.7 Å². The second-order valence-corrected chi connectivity index (χ2v) is 9.27. The van der Waals surface area contributed by atoms with Crippen LogP contribution in [-0.4, -0.2) is 47.5 Å². The molecule has 1 aliphatic carbocycles. The van der Waals surface area contributed by atoms with Crippen LogP contribution in [0.3, 0.4) is 0 Å². The summed E-state index contributed by atoms with van der Waals surface area (Å²) in [4.78, 5) is 15.2. The summed E-state index contributed by atoms with van der Waals surface area (Å²) < 4.78 is 38.0. The minimum Gasteiger partial charge on any atom is -0.354 e. The minimum absolute atomic E-state index is 0.0162. The van der Waals surface area contributed by atoms with E-state index in [4.69, 9.17) is 0 Å². The second kappa shape index (κ2) is 9.08. The van der Waals surface area contributed by atoms with Crippen LogP contribution in [0.5, 0.6) is 0 Å². The van der Waals surface area contributed by atoms with Gasteiger partial charge in [-0.15, -0.1) is 0 Å². The van der Waals surface area contributed by atoms with Crippen molar-refractivity contribution in [3.63, 3.8) is 0 Å². The smallest absolute Gasteiger partial charge is 0.354 e. The fourth-order valence-corrected chi connectivity index (χ4v) is 5.28. The molecule has 0 radical (unpaired) electrons. The summed E-state index contributed by atoms with van der Waals surface area (Å²) in [6.07, 6.45) is 0.791. The molecule has 1 aromatic rings. The summed E-state index contributed by atoms with van der Waals surface area (Å²) >= 11 is 1.99. The molecule has 1 aliphatic heterocycles. The monoisotopic (exact) mass is 414 g/mol. The normalized spacial score (nSPS) is 21.4. The first-order valence-corrected chi connectivity index (χ1v) is 11.2. The maximum Gasteiger partial charge on any atom is 0.416 e. The van der Waals surface area contributed by atoms with Gasteiger partial charge in [0.25, 0.3) is 0 Å². The highest BCUT2D eigenvalue weighted by molar-refractivity contribution is 7.99. The average molecular weight is 415 g/mol. The Morgan fingerprint density at radius 2 is 1.79 bits per heavy atom. The first kappa shape index (κ1) is 21.5. The molecular formula is C21H29F3N2OS. The molecule has 1 amide bonds. The molecule has 1 saturated heterocycles. The van der Waals surface area contributed by atoms with Crippen LogP contribution in [0.15, 0.2) is 24.3 Å². The maximum absolute atomic E-state index is 12.7. The van der Waals surface area contributed by atoms with Crippen molar-refractivity contribution < 1.29 is 18.0 Å². The van der Waals surface area contributed by atoms with E-state index in [2.05, 4.69) is 10.2 Å². The third-order valence-corrected chi connectivity index (χ3v) is 7.02. The van der Waals surface area contributed by atoms with Gasteiger partial charge in [-0.1, -0.05) is 31.9 Å². The topological polar surface area (TPSA) is 32.3 Å². The molecule has 156 valence electrons. The van der Waals surface area contributed by atoms with Crippen LogP contribution in [0.4, 0.5) is 13.2 Å². The molecule has 1 atom stereocenters. The molecule has 1 saturated carbocycles. The number of rotatable bonds is 6. The number of halogens is 3. The number of hydrogen-bond donors (Lipinski definition) is 1. The zero-order chi connectivity index (χ0) is 20.2. The fraction of sp³-hybridized carbons (Fsp3) is 0.667. The van der Waals surface area contributed by atoms with Gasteiger partial charge in [-0.05, 0) is 37.0 Å². The van der Waals surface area contributed by atoms with Crippen LogP contribution in [0.1, 0.15) is 43.7 Å². The lowest BCUT2D eigenvalue weighted by atomic mass is 9.93. The predicted molar refractivity (Wildman–Crippen MR) is 107 cm³/mol. The van der Waals surface area contributed by atoms with E-state index < -0.39 is 11.7 Å². The van der Waals surface area contributed by atoms with Gasteiger partial charge in [0.15, 0.2) is 0 Å². The third kappa shape index (κ3) is 5.23. The highest BCUT2D eigenvalue weighted by atomic mass is 32.2. The Balaban J connectivity index is 1.54. The number of alkyl halides is 3. The fourth-order valence-electron chi connectivity index (χ4n) is 4.38. The molecule has 3 rings (SSSR count). The van der Waals surface area contributed by atoms with E-state index in [1.165, 1.54) is 25.0 Å². The number of nitrogens with zero attached hydrogens (tertiary/aromatic N) is 1. The van der Waals surface area contributed by atoms with Gasteiger partial charge >= 0.3 is 6.18 Å². The summed E-state index contributed by atoms with van der Waals surface area (Å²) in [7, 11) is 0. The third-order valence-electron chi connectivity index (χ3n) is 6.08. The standard InChI is InChI=1S/C21H29F3N2OS/c1-16(14-17-4-6-18(7-5-17)21(22,23)24)19(27)25-15-20(8-2-3-9-20)26-10-12-28-13-11-26/h4-7,16H,2-3,8-15H2,1H3,(H,25,27). The molecule has 3 nitrogen and oxygen atoms in total. The zero-order valence-corrected chi connectivity index (χ0v) is 17.2. The van der Waals surface area contributed by atoms with Crippen LogP contribution in [0, 0.1) is 5.92 Å². The van der Waals surface area contributed by atoms with Crippen LogP contribution in [0.25, 0.3) is 0 Å². The lowest BCUT2D eigenvalue weighted by molar-refractivity contribution is -0.137. The van der Waals surface area contributed by atoms with Gasteiger partial charge in [0.2, 0.25) is 5.91 Å². The van der Waals surface area contributed by atoms with Crippen molar-refractivity contribution in [2.45, 2.75) is 50.7 Å². The zero-order valence-electron chi connectivity index (χ0n) is 16.4. The number of benzene rings is 1. The Hall–Kier alpha value is -1.21. The quantitative estimate of drug-likeness (QED) is 0.751. The molecule has 7 heteroatoms. The minimum atomic E-state index is -4.33. The molecule has 28 heavy (non-hydrogen) atoms. The van der Waals surface area contributed by atoms with E-state index in [0.717, 1.165) is 55.1 Å². The number of carbonyl (C=O) groups excluding carboxylic acids is 1. The molecule has 0 bridgehead atoms.